The molecule has 0 saturated heterocycles. The summed E-state index contributed by atoms with van der Waals surface area (Å²) < 4.78 is 5.22. The highest BCUT2D eigenvalue weighted by molar-refractivity contribution is 5.84. The molecule has 1 aliphatic carbocycles. The molecule has 0 spiro atoms. The Morgan fingerprint density at radius 1 is 1.62 bits per heavy atom. The summed E-state index contributed by atoms with van der Waals surface area (Å²) >= 11 is 0. The predicted octanol–water partition coefficient (Wildman–Crippen LogP) is 2.21. The van der Waals surface area contributed by atoms with E-state index < -0.39 is 5.97 Å². The molecule has 2 rings (SSSR count). The highest BCUT2D eigenvalue weighted by atomic mass is 16.4. The number of hydrogen-bond acceptors (Lipinski definition) is 3. The van der Waals surface area contributed by atoms with Crippen LogP contribution in [0.25, 0.3) is 0 Å². The van der Waals surface area contributed by atoms with Crippen LogP contribution in [-0.2, 0) is 6.54 Å². The summed E-state index contributed by atoms with van der Waals surface area (Å²) in [5.41, 5.74) is 0. The van der Waals surface area contributed by atoms with Gasteiger partial charge in [0.1, 0.15) is 5.76 Å². The second kappa shape index (κ2) is 4.29. The Hall–Kier alpha value is -1.29. The molecule has 0 radical (unpaired) electrons. The predicted molar refractivity (Wildman–Crippen MR) is 59.3 cm³/mol. The normalized spacial score (nSPS) is 17.7. The SMILES string of the molecule is CC(C1CC1)N(C)Cc1ccc(C(=O)O)o1. The van der Waals surface area contributed by atoms with Crippen LogP contribution in [0.3, 0.4) is 0 Å². The fraction of sp³-hybridized carbons (Fsp3) is 0.583. The van der Waals surface area contributed by atoms with Crippen LogP contribution in [-0.4, -0.2) is 29.1 Å². The van der Waals surface area contributed by atoms with Gasteiger partial charge in [0.15, 0.2) is 0 Å². The number of rotatable bonds is 5. The zero-order chi connectivity index (χ0) is 11.7. The average Bonchev–Trinajstić information content (AvgIpc) is 2.97. The first-order valence-electron chi connectivity index (χ1n) is 5.60. The molecule has 0 aromatic carbocycles. The van der Waals surface area contributed by atoms with Crippen molar-refractivity contribution in [2.45, 2.75) is 32.4 Å². The van der Waals surface area contributed by atoms with Crippen molar-refractivity contribution < 1.29 is 14.3 Å². The molecular formula is C12H17NO3. The standard InChI is InChI=1S/C12H17NO3/c1-8(9-3-4-9)13(2)7-10-5-6-11(16-10)12(14)15/h5-6,8-9H,3-4,7H2,1-2H3,(H,14,15). The third-order valence-electron chi connectivity index (χ3n) is 3.28. The number of furan rings is 1. The van der Waals surface area contributed by atoms with Gasteiger partial charge in [0, 0.05) is 6.04 Å². The molecule has 1 fully saturated rings. The van der Waals surface area contributed by atoms with Gasteiger partial charge in [-0.1, -0.05) is 0 Å². The van der Waals surface area contributed by atoms with Crippen molar-refractivity contribution in [3.05, 3.63) is 23.7 Å². The Labute approximate surface area is 94.9 Å². The molecule has 1 aromatic rings. The maximum atomic E-state index is 10.6. The van der Waals surface area contributed by atoms with Crippen LogP contribution >= 0.6 is 0 Å². The molecule has 1 unspecified atom stereocenters. The van der Waals surface area contributed by atoms with Crippen molar-refractivity contribution >= 4 is 5.97 Å². The number of carboxylic acids is 1. The number of nitrogens with zero attached hydrogens (tertiary/aromatic N) is 1. The molecule has 1 saturated carbocycles. The van der Waals surface area contributed by atoms with Crippen LogP contribution in [0.4, 0.5) is 0 Å². The van der Waals surface area contributed by atoms with Crippen molar-refractivity contribution in [1.29, 1.82) is 0 Å². The fourth-order valence-corrected chi connectivity index (χ4v) is 1.91. The van der Waals surface area contributed by atoms with Gasteiger partial charge < -0.3 is 9.52 Å². The van der Waals surface area contributed by atoms with Crippen LogP contribution in [0.5, 0.6) is 0 Å². The molecule has 4 heteroatoms. The van der Waals surface area contributed by atoms with Gasteiger partial charge >= 0.3 is 5.97 Å². The molecular weight excluding hydrogens is 206 g/mol. The van der Waals surface area contributed by atoms with E-state index in [0.717, 1.165) is 5.92 Å². The smallest absolute Gasteiger partial charge is 0.371 e. The van der Waals surface area contributed by atoms with E-state index in [0.29, 0.717) is 18.3 Å². The van der Waals surface area contributed by atoms with Crippen LogP contribution < -0.4 is 0 Å². The van der Waals surface area contributed by atoms with E-state index >= 15 is 0 Å². The molecule has 1 N–H and O–H groups in total. The van der Waals surface area contributed by atoms with Gasteiger partial charge in [0.05, 0.1) is 6.54 Å². The summed E-state index contributed by atoms with van der Waals surface area (Å²) in [6.07, 6.45) is 2.62. The second-order valence-electron chi connectivity index (χ2n) is 4.56. The van der Waals surface area contributed by atoms with Crippen molar-refractivity contribution in [2.75, 3.05) is 7.05 Å². The molecule has 1 heterocycles. The minimum Gasteiger partial charge on any atom is -0.475 e. The summed E-state index contributed by atoms with van der Waals surface area (Å²) in [6.45, 7) is 2.88. The van der Waals surface area contributed by atoms with E-state index in [1.807, 2.05) is 7.05 Å². The van der Waals surface area contributed by atoms with Gasteiger partial charge in [-0.15, -0.1) is 0 Å². The van der Waals surface area contributed by atoms with E-state index in [1.165, 1.54) is 18.9 Å². The highest BCUT2D eigenvalue weighted by Gasteiger charge is 2.30. The zero-order valence-electron chi connectivity index (χ0n) is 9.64. The van der Waals surface area contributed by atoms with Crippen LogP contribution in [0.15, 0.2) is 16.5 Å². The van der Waals surface area contributed by atoms with Crippen molar-refractivity contribution in [1.82, 2.24) is 4.90 Å². The van der Waals surface area contributed by atoms with E-state index in [-0.39, 0.29) is 5.76 Å². The number of carboxylic acid groups (broad SMARTS) is 1. The Kier molecular flexibility index (Phi) is 3.01. The summed E-state index contributed by atoms with van der Waals surface area (Å²) in [5, 5.41) is 8.73. The number of carbonyl (C=O) groups is 1. The van der Waals surface area contributed by atoms with Crippen LogP contribution in [0.1, 0.15) is 36.1 Å². The lowest BCUT2D eigenvalue weighted by molar-refractivity contribution is 0.0658. The van der Waals surface area contributed by atoms with Gasteiger partial charge in [-0.3, -0.25) is 4.90 Å². The van der Waals surface area contributed by atoms with Gasteiger partial charge in [-0.2, -0.15) is 0 Å². The molecule has 16 heavy (non-hydrogen) atoms. The third kappa shape index (κ3) is 2.44. The summed E-state index contributed by atoms with van der Waals surface area (Å²) in [4.78, 5) is 12.9. The first-order chi connectivity index (χ1) is 7.58. The van der Waals surface area contributed by atoms with Gasteiger partial charge in [-0.05, 0) is 44.9 Å². The Morgan fingerprint density at radius 2 is 2.31 bits per heavy atom. The third-order valence-corrected chi connectivity index (χ3v) is 3.28. The second-order valence-corrected chi connectivity index (χ2v) is 4.56. The first-order valence-corrected chi connectivity index (χ1v) is 5.60. The Balaban J connectivity index is 1.94. The summed E-state index contributed by atoms with van der Waals surface area (Å²) in [6, 6.07) is 3.78. The van der Waals surface area contributed by atoms with Crippen molar-refractivity contribution in [2.24, 2.45) is 5.92 Å². The lowest BCUT2D eigenvalue weighted by atomic mass is 10.2. The number of aromatic carboxylic acids is 1. The molecule has 1 aliphatic rings. The van der Waals surface area contributed by atoms with Gasteiger partial charge in [-0.25, -0.2) is 4.79 Å². The summed E-state index contributed by atoms with van der Waals surface area (Å²) in [5.74, 6) is 0.526. The Morgan fingerprint density at radius 3 is 2.81 bits per heavy atom. The molecule has 1 atom stereocenters. The van der Waals surface area contributed by atoms with E-state index in [9.17, 15) is 4.79 Å². The molecule has 88 valence electrons. The van der Waals surface area contributed by atoms with Gasteiger partial charge in [0.25, 0.3) is 0 Å². The van der Waals surface area contributed by atoms with Crippen LogP contribution in [0.2, 0.25) is 0 Å². The lowest BCUT2D eigenvalue weighted by Gasteiger charge is -2.23. The monoisotopic (exact) mass is 223 g/mol. The maximum Gasteiger partial charge on any atom is 0.371 e. The maximum absolute atomic E-state index is 10.6. The average molecular weight is 223 g/mol. The first kappa shape index (κ1) is 11.2. The molecule has 0 aliphatic heterocycles. The van der Waals surface area contributed by atoms with Crippen LogP contribution in [0, 0.1) is 5.92 Å². The van der Waals surface area contributed by atoms with Gasteiger partial charge in [0.2, 0.25) is 5.76 Å². The minimum absolute atomic E-state index is 0.0162. The zero-order valence-corrected chi connectivity index (χ0v) is 9.64. The fourth-order valence-electron chi connectivity index (χ4n) is 1.91. The Bertz CT molecular complexity index is 381. The molecule has 0 bridgehead atoms. The van der Waals surface area contributed by atoms with E-state index in [4.69, 9.17) is 9.52 Å². The molecule has 1 aromatic heterocycles. The highest BCUT2D eigenvalue weighted by Crippen LogP contribution is 2.35. The summed E-state index contributed by atoms with van der Waals surface area (Å²) in [7, 11) is 2.05. The van der Waals surface area contributed by atoms with E-state index in [2.05, 4.69) is 11.8 Å². The quantitative estimate of drug-likeness (QED) is 0.831. The topological polar surface area (TPSA) is 53.7 Å². The largest absolute Gasteiger partial charge is 0.475 e. The number of hydrogen-bond donors (Lipinski definition) is 1. The minimum atomic E-state index is -1.01. The van der Waals surface area contributed by atoms with Crippen molar-refractivity contribution in [3.63, 3.8) is 0 Å². The van der Waals surface area contributed by atoms with Crippen molar-refractivity contribution in [3.8, 4) is 0 Å². The molecule has 0 amide bonds. The molecule has 4 nitrogen and oxygen atoms in total. The van der Waals surface area contributed by atoms with E-state index in [1.54, 1.807) is 6.07 Å². The lowest BCUT2D eigenvalue weighted by Crippen LogP contribution is -2.30.